The van der Waals surface area contributed by atoms with Crippen LogP contribution in [0.2, 0.25) is 0 Å². The van der Waals surface area contributed by atoms with Gasteiger partial charge >= 0.3 is 0 Å². The lowest BCUT2D eigenvalue weighted by Crippen LogP contribution is -1.87. The minimum atomic E-state index is 0.984. The van der Waals surface area contributed by atoms with E-state index in [-0.39, 0.29) is 0 Å². The van der Waals surface area contributed by atoms with Crippen LogP contribution in [0.4, 0.5) is 0 Å². The van der Waals surface area contributed by atoms with Crippen molar-refractivity contribution in [3.63, 3.8) is 0 Å². The summed E-state index contributed by atoms with van der Waals surface area (Å²) in [6.45, 7) is 2.18. The molecule has 11 heteroatoms. The topological polar surface area (TPSA) is 103 Å². The maximum absolute atomic E-state index is 5.08. The van der Waals surface area contributed by atoms with Crippen LogP contribution in [-0.4, -0.2) is 39.9 Å². The molecule has 130 heavy (non-hydrogen) atoms. The number of benzene rings is 16. The summed E-state index contributed by atoms with van der Waals surface area (Å²) in [6.07, 6.45) is 16.7. The van der Waals surface area contributed by atoms with Crippen molar-refractivity contribution >= 4 is 97.0 Å². The molecular formula is C119H78N8S3. The number of thiazole rings is 3. The molecule has 8 aromatic heterocycles. The van der Waals surface area contributed by atoms with Crippen molar-refractivity contribution in [3.05, 3.63) is 462 Å². The monoisotopic (exact) mass is 1710 g/mol. The second-order valence-corrected chi connectivity index (χ2v) is 35.4. The summed E-state index contributed by atoms with van der Waals surface area (Å²) in [4.78, 5) is 37.0. The SMILES string of the molecule is Cc1cc(-c2nc3ccc(-c4ccc(-c5cccc6ccccc56)cc4)cc3s2)ccc1-c1cccc(-c2ccccn2)c1.c1cncc(-c2cc(-c3cccnc3)cc(-c3ccc4nc(-c5ccc(-c6cccc7ccccc67)cc5)sc4c3)c2)c1.c1cncc(-c2cc(-c3cccnc3)cc(-c3ccc4sc(-c5ccc(-c6cccc7ccccc67)cc5)nc4c3)c2)c1. The van der Waals surface area contributed by atoms with E-state index in [1.54, 1.807) is 46.4 Å². The number of rotatable bonds is 15. The third kappa shape index (κ3) is 16.7. The predicted molar refractivity (Wildman–Crippen MR) is 547 cm³/mol. The van der Waals surface area contributed by atoms with Gasteiger partial charge in [-0.3, -0.25) is 24.9 Å². The molecule has 0 aliphatic rings. The zero-order chi connectivity index (χ0) is 86.6. The number of hydrogen-bond acceptors (Lipinski definition) is 11. The van der Waals surface area contributed by atoms with Crippen LogP contribution in [0, 0.1) is 6.92 Å². The van der Waals surface area contributed by atoms with Gasteiger partial charge in [-0.05, 0) is 266 Å². The maximum Gasteiger partial charge on any atom is 0.124 e. The Bertz CT molecular complexity index is 7810. The molecule has 0 amide bonds. The van der Waals surface area contributed by atoms with Gasteiger partial charge in [-0.1, -0.05) is 279 Å². The number of nitrogens with zero attached hydrogens (tertiary/aromatic N) is 8. The molecule has 0 bridgehead atoms. The van der Waals surface area contributed by atoms with Crippen molar-refractivity contribution in [3.8, 4) is 165 Å². The van der Waals surface area contributed by atoms with Crippen molar-refractivity contribution in [2.45, 2.75) is 6.92 Å². The quantitative estimate of drug-likeness (QED) is 0.1000. The molecular weight excluding hydrogens is 1640 g/mol. The Morgan fingerprint density at radius 3 is 0.962 bits per heavy atom. The van der Waals surface area contributed by atoms with Crippen LogP contribution in [0.25, 0.3) is 228 Å². The van der Waals surface area contributed by atoms with E-state index >= 15 is 0 Å². The van der Waals surface area contributed by atoms with Gasteiger partial charge in [0.2, 0.25) is 0 Å². The Hall–Kier alpha value is -16.3. The lowest BCUT2D eigenvalue weighted by molar-refractivity contribution is 1.32. The van der Waals surface area contributed by atoms with E-state index in [1.165, 1.54) is 108 Å². The van der Waals surface area contributed by atoms with Crippen molar-refractivity contribution in [2.75, 3.05) is 0 Å². The molecule has 0 aliphatic heterocycles. The molecule has 24 rings (SSSR count). The molecule has 0 atom stereocenters. The van der Waals surface area contributed by atoms with E-state index in [9.17, 15) is 0 Å². The van der Waals surface area contributed by atoms with Gasteiger partial charge < -0.3 is 0 Å². The molecule has 0 saturated heterocycles. The first-order valence-corrected chi connectivity index (χ1v) is 45.7. The number of pyridine rings is 5. The van der Waals surface area contributed by atoms with E-state index in [2.05, 4.69) is 396 Å². The highest BCUT2D eigenvalue weighted by Gasteiger charge is 2.19. The van der Waals surface area contributed by atoms with Gasteiger partial charge in [0.1, 0.15) is 15.0 Å². The van der Waals surface area contributed by atoms with Crippen LogP contribution < -0.4 is 0 Å². The first kappa shape index (κ1) is 79.6. The molecule has 612 valence electrons. The molecule has 0 spiro atoms. The van der Waals surface area contributed by atoms with Gasteiger partial charge in [-0.25, -0.2) is 15.0 Å². The van der Waals surface area contributed by atoms with Crippen LogP contribution in [0.1, 0.15) is 5.56 Å². The van der Waals surface area contributed by atoms with Crippen LogP contribution in [-0.2, 0) is 0 Å². The largest absolute Gasteiger partial charge is 0.264 e. The molecule has 0 saturated carbocycles. The van der Waals surface area contributed by atoms with Gasteiger partial charge in [0.15, 0.2) is 0 Å². The average Bonchev–Trinajstić information content (AvgIpc) is 1.57. The second kappa shape index (κ2) is 35.6. The van der Waals surface area contributed by atoms with E-state index in [0.29, 0.717) is 0 Å². The molecule has 16 aromatic carbocycles. The van der Waals surface area contributed by atoms with Gasteiger partial charge in [0, 0.05) is 100 Å². The Balaban J connectivity index is 0.000000114. The molecule has 0 fully saturated rings. The molecule has 0 N–H and O–H groups in total. The lowest BCUT2D eigenvalue weighted by atomic mass is 9.94. The molecule has 8 heterocycles. The summed E-state index contributed by atoms with van der Waals surface area (Å²) in [5.41, 5.74) is 35.4. The smallest absolute Gasteiger partial charge is 0.124 e. The highest BCUT2D eigenvalue weighted by molar-refractivity contribution is 7.22. The number of fused-ring (bicyclic) bond motifs is 6. The van der Waals surface area contributed by atoms with Gasteiger partial charge in [-0.2, -0.15) is 0 Å². The zero-order valence-corrected chi connectivity index (χ0v) is 73.1. The van der Waals surface area contributed by atoms with Crippen molar-refractivity contribution in [1.29, 1.82) is 0 Å². The van der Waals surface area contributed by atoms with E-state index < -0.39 is 0 Å². The average molecular weight is 1720 g/mol. The maximum atomic E-state index is 5.08. The van der Waals surface area contributed by atoms with Gasteiger partial charge in [-0.15, -0.1) is 34.0 Å². The molecule has 8 nitrogen and oxygen atoms in total. The summed E-state index contributed by atoms with van der Waals surface area (Å²) >= 11 is 5.22. The fraction of sp³-hybridized carbons (Fsp3) is 0.00840. The minimum Gasteiger partial charge on any atom is -0.264 e. The summed E-state index contributed by atoms with van der Waals surface area (Å²) in [5, 5.41) is 10.7. The third-order valence-electron chi connectivity index (χ3n) is 24.1. The summed E-state index contributed by atoms with van der Waals surface area (Å²) < 4.78 is 3.54. The third-order valence-corrected chi connectivity index (χ3v) is 27.3. The van der Waals surface area contributed by atoms with Crippen molar-refractivity contribution in [2.24, 2.45) is 0 Å². The summed E-state index contributed by atoms with van der Waals surface area (Å²) in [6, 6.07) is 142. The van der Waals surface area contributed by atoms with Crippen LogP contribution >= 0.6 is 34.0 Å². The van der Waals surface area contributed by atoms with Crippen molar-refractivity contribution < 1.29 is 0 Å². The van der Waals surface area contributed by atoms with Crippen LogP contribution in [0.15, 0.2) is 456 Å². The Labute approximate surface area is 765 Å². The second-order valence-electron chi connectivity index (χ2n) is 32.3. The van der Waals surface area contributed by atoms with E-state index in [4.69, 9.17) is 15.0 Å². The van der Waals surface area contributed by atoms with Gasteiger partial charge in [0.05, 0.1) is 36.3 Å². The zero-order valence-electron chi connectivity index (χ0n) is 70.6. The van der Waals surface area contributed by atoms with Crippen LogP contribution in [0.3, 0.4) is 0 Å². The fourth-order valence-electron chi connectivity index (χ4n) is 17.4. The number of aryl methyl sites for hydroxylation is 1. The van der Waals surface area contributed by atoms with Gasteiger partial charge in [0.25, 0.3) is 0 Å². The van der Waals surface area contributed by atoms with E-state index in [0.717, 1.165) is 126 Å². The highest BCUT2D eigenvalue weighted by Crippen LogP contribution is 2.44. The molecule has 0 aliphatic carbocycles. The Morgan fingerprint density at radius 1 is 0.185 bits per heavy atom. The van der Waals surface area contributed by atoms with Crippen LogP contribution in [0.5, 0.6) is 0 Å². The number of aromatic nitrogens is 8. The lowest BCUT2D eigenvalue weighted by Gasteiger charge is -2.11. The first-order chi connectivity index (χ1) is 64.3. The van der Waals surface area contributed by atoms with E-state index in [1.807, 2.05) is 79.8 Å². The molecule has 24 aromatic rings. The summed E-state index contributed by atoms with van der Waals surface area (Å²) in [5.74, 6) is 0. The predicted octanol–water partition coefficient (Wildman–Crippen LogP) is 32.6. The molecule has 0 radical (unpaired) electrons. The highest BCUT2D eigenvalue weighted by atomic mass is 32.1. The fourth-order valence-corrected chi connectivity index (χ4v) is 20.4. The minimum absolute atomic E-state index is 0.984. The first-order valence-electron chi connectivity index (χ1n) is 43.3. The summed E-state index contributed by atoms with van der Waals surface area (Å²) in [7, 11) is 0. The van der Waals surface area contributed by atoms with Crippen molar-refractivity contribution in [1.82, 2.24) is 39.9 Å². The normalized spacial score (nSPS) is 11.3. The Morgan fingerprint density at radius 2 is 0.523 bits per heavy atom. The Kier molecular flexibility index (Phi) is 21.8. The molecule has 0 unspecified atom stereocenters. The standard InChI is InChI=1S/C41H28N2S.2C39H25N3S/c1-27-24-34(19-21-35(27)32-10-6-11-33(25-32)38-14-4-5-23-42-38)41-43-39-22-20-31(26-40(39)44-41)28-15-17-30(18-16-28)37-13-7-9-29-8-2-3-12-36(29)37;1-2-10-35-26(6-1)7-3-11-36(35)27-12-14-28(15-13-27)39-42-37-23-29(16-17-38(37)43-39)32-20-33(30-8-4-18-40-24-30)22-34(21-32)31-9-5-19-41-25-31;1-2-10-35-26(6-1)7-3-11-36(35)27-12-14-28(15-13-27)39-42-37-17-16-29(23-38(37)43-39)32-20-33(30-8-4-18-40-24-30)22-34(21-32)31-9-5-19-41-25-31/h2-26H,1H3;2*1-25H. The number of hydrogen-bond donors (Lipinski definition) is 0.